The molecule has 1 atom stereocenters. The zero-order valence-corrected chi connectivity index (χ0v) is 17.5. The monoisotopic (exact) mass is 409 g/mol. The highest BCUT2D eigenvalue weighted by Gasteiger charge is 2.30. The summed E-state index contributed by atoms with van der Waals surface area (Å²) >= 11 is 1.44. The molecule has 4 rings (SSSR count). The third-order valence-corrected chi connectivity index (χ3v) is 6.01. The minimum absolute atomic E-state index is 0.0956. The molecular weight excluding hydrogens is 386 g/mol. The lowest BCUT2D eigenvalue weighted by molar-refractivity contribution is 0.140. The Balaban J connectivity index is 1.76. The van der Waals surface area contributed by atoms with Gasteiger partial charge in [0.05, 0.1) is 23.1 Å². The standard InChI is InChI=1S/C22H23N3O3S/c1-4-24-12-17(28-22(24)27)13-29-21-23-19-8-6-5-7-18(19)20(26)25(21)16-10-14(2)9-15(3)11-16/h5-11,17H,4,12-13H2,1-3H3. The van der Waals surface area contributed by atoms with Gasteiger partial charge >= 0.3 is 6.09 Å². The van der Waals surface area contributed by atoms with E-state index in [1.807, 2.05) is 51.1 Å². The van der Waals surface area contributed by atoms with E-state index in [1.54, 1.807) is 15.5 Å². The van der Waals surface area contributed by atoms with E-state index in [2.05, 4.69) is 6.07 Å². The molecule has 150 valence electrons. The van der Waals surface area contributed by atoms with Crippen molar-refractivity contribution in [3.63, 3.8) is 0 Å². The molecule has 0 saturated carbocycles. The maximum atomic E-state index is 13.3. The molecule has 2 aromatic carbocycles. The summed E-state index contributed by atoms with van der Waals surface area (Å²) in [5.74, 6) is 0.540. The van der Waals surface area contributed by atoms with Gasteiger partial charge in [-0.1, -0.05) is 30.0 Å². The van der Waals surface area contributed by atoms with Crippen LogP contribution in [-0.4, -0.2) is 45.5 Å². The number of amides is 1. The first-order valence-corrected chi connectivity index (χ1v) is 10.6. The first-order valence-electron chi connectivity index (χ1n) is 9.65. The SMILES string of the molecule is CCN1CC(CSc2nc3ccccc3c(=O)n2-c2cc(C)cc(C)c2)OC1=O. The predicted octanol–water partition coefficient (Wildman–Crippen LogP) is 3.94. The van der Waals surface area contributed by atoms with Gasteiger partial charge < -0.3 is 9.64 Å². The number of benzene rings is 2. The Hall–Kier alpha value is -2.80. The second-order valence-electron chi connectivity index (χ2n) is 7.25. The molecule has 0 N–H and O–H groups in total. The second-order valence-corrected chi connectivity index (χ2v) is 8.24. The molecule has 1 aliphatic heterocycles. The van der Waals surface area contributed by atoms with Gasteiger partial charge in [0.15, 0.2) is 5.16 Å². The quantitative estimate of drug-likeness (QED) is 0.472. The Morgan fingerprint density at radius 1 is 1.14 bits per heavy atom. The van der Waals surface area contributed by atoms with Crippen molar-refractivity contribution >= 4 is 28.8 Å². The third-order valence-electron chi connectivity index (χ3n) is 4.94. The van der Waals surface area contributed by atoms with Gasteiger partial charge in [0.25, 0.3) is 5.56 Å². The third kappa shape index (κ3) is 3.87. The van der Waals surface area contributed by atoms with Gasteiger partial charge in [0.1, 0.15) is 6.10 Å². The highest BCUT2D eigenvalue weighted by Crippen LogP contribution is 2.25. The van der Waals surface area contributed by atoms with Crippen LogP contribution < -0.4 is 5.56 Å². The fourth-order valence-electron chi connectivity index (χ4n) is 3.60. The summed E-state index contributed by atoms with van der Waals surface area (Å²) < 4.78 is 7.11. The van der Waals surface area contributed by atoms with Crippen LogP contribution in [0.2, 0.25) is 0 Å². The van der Waals surface area contributed by atoms with Crippen LogP contribution >= 0.6 is 11.8 Å². The first kappa shape index (κ1) is 19.5. The molecule has 1 fully saturated rings. The van der Waals surface area contributed by atoms with Gasteiger partial charge in [-0.05, 0) is 56.2 Å². The second kappa shape index (κ2) is 7.91. The highest BCUT2D eigenvalue weighted by molar-refractivity contribution is 7.99. The summed E-state index contributed by atoms with van der Waals surface area (Å²) in [5, 5.41) is 1.19. The lowest BCUT2D eigenvalue weighted by Gasteiger charge is -2.15. The first-order chi connectivity index (χ1) is 14.0. The molecule has 0 radical (unpaired) electrons. The fraction of sp³-hybridized carbons (Fsp3) is 0.318. The van der Waals surface area contributed by atoms with Crippen LogP contribution in [0, 0.1) is 13.8 Å². The number of ether oxygens (including phenoxy) is 1. The number of rotatable bonds is 5. The molecule has 6 nitrogen and oxygen atoms in total. The summed E-state index contributed by atoms with van der Waals surface area (Å²) in [6.07, 6.45) is -0.500. The van der Waals surface area contributed by atoms with Gasteiger partial charge in [0, 0.05) is 12.3 Å². The summed E-state index contributed by atoms with van der Waals surface area (Å²) in [7, 11) is 0. The van der Waals surface area contributed by atoms with Crippen molar-refractivity contribution in [1.82, 2.24) is 14.5 Å². The summed E-state index contributed by atoms with van der Waals surface area (Å²) in [6.45, 7) is 7.14. The summed E-state index contributed by atoms with van der Waals surface area (Å²) in [6, 6.07) is 13.4. The maximum Gasteiger partial charge on any atom is 0.410 e. The number of carbonyl (C=O) groups is 1. The Morgan fingerprint density at radius 2 is 1.86 bits per heavy atom. The lowest BCUT2D eigenvalue weighted by Crippen LogP contribution is -2.25. The number of thioether (sulfide) groups is 1. The smallest absolute Gasteiger partial charge is 0.410 e. The zero-order valence-electron chi connectivity index (χ0n) is 16.7. The van der Waals surface area contributed by atoms with E-state index >= 15 is 0 Å². The molecule has 1 amide bonds. The number of likely N-dealkylation sites (N-methyl/N-ethyl adjacent to an activating group) is 1. The molecule has 29 heavy (non-hydrogen) atoms. The molecular formula is C22H23N3O3S. The van der Waals surface area contributed by atoms with E-state index in [-0.39, 0.29) is 17.8 Å². The molecule has 0 aliphatic carbocycles. The van der Waals surface area contributed by atoms with E-state index in [9.17, 15) is 9.59 Å². The molecule has 3 aromatic rings. The van der Waals surface area contributed by atoms with Crippen LogP contribution in [-0.2, 0) is 4.74 Å². The van der Waals surface area contributed by atoms with Gasteiger partial charge in [0.2, 0.25) is 0 Å². The molecule has 1 aliphatic rings. The van der Waals surface area contributed by atoms with Crippen molar-refractivity contribution in [1.29, 1.82) is 0 Å². The molecule has 2 heterocycles. The van der Waals surface area contributed by atoms with Gasteiger partial charge in [-0.15, -0.1) is 0 Å². The summed E-state index contributed by atoms with van der Waals surface area (Å²) in [5.41, 5.74) is 3.53. The molecule has 1 unspecified atom stereocenters. The van der Waals surface area contributed by atoms with Crippen molar-refractivity contribution in [2.24, 2.45) is 0 Å². The minimum Gasteiger partial charge on any atom is -0.443 e. The van der Waals surface area contributed by atoms with Crippen molar-refractivity contribution in [3.05, 3.63) is 63.9 Å². The van der Waals surface area contributed by atoms with Crippen molar-refractivity contribution in [2.45, 2.75) is 32.0 Å². The van der Waals surface area contributed by atoms with Crippen LogP contribution in [0.4, 0.5) is 4.79 Å². The van der Waals surface area contributed by atoms with Crippen LogP contribution in [0.1, 0.15) is 18.1 Å². The molecule has 1 saturated heterocycles. The van der Waals surface area contributed by atoms with Crippen LogP contribution in [0.15, 0.2) is 52.4 Å². The fourth-order valence-corrected chi connectivity index (χ4v) is 4.59. The maximum absolute atomic E-state index is 13.3. The van der Waals surface area contributed by atoms with E-state index in [0.717, 1.165) is 16.8 Å². The number of hydrogen-bond acceptors (Lipinski definition) is 5. The van der Waals surface area contributed by atoms with Crippen LogP contribution in [0.25, 0.3) is 16.6 Å². The minimum atomic E-state index is -0.281. The number of nitrogens with zero attached hydrogens (tertiary/aromatic N) is 3. The highest BCUT2D eigenvalue weighted by atomic mass is 32.2. The lowest BCUT2D eigenvalue weighted by atomic mass is 10.1. The topological polar surface area (TPSA) is 64.4 Å². The molecule has 0 spiro atoms. The van der Waals surface area contributed by atoms with Crippen molar-refractivity contribution in [3.8, 4) is 5.69 Å². The Labute approximate surface area is 173 Å². The number of aryl methyl sites for hydroxylation is 2. The van der Waals surface area contributed by atoms with E-state index < -0.39 is 0 Å². The largest absolute Gasteiger partial charge is 0.443 e. The van der Waals surface area contributed by atoms with Gasteiger partial charge in [-0.2, -0.15) is 0 Å². The Kier molecular flexibility index (Phi) is 5.32. The van der Waals surface area contributed by atoms with Crippen molar-refractivity contribution < 1.29 is 9.53 Å². The normalized spacial score (nSPS) is 16.4. The molecule has 0 bridgehead atoms. The number of fused-ring (bicyclic) bond motifs is 1. The van der Waals surface area contributed by atoms with E-state index in [0.29, 0.717) is 34.9 Å². The van der Waals surface area contributed by atoms with Crippen LogP contribution in [0.3, 0.4) is 0 Å². The number of cyclic esters (lactones) is 1. The Bertz CT molecular complexity index is 1120. The van der Waals surface area contributed by atoms with Crippen LogP contribution in [0.5, 0.6) is 0 Å². The molecule has 7 heteroatoms. The van der Waals surface area contributed by atoms with E-state index in [4.69, 9.17) is 9.72 Å². The van der Waals surface area contributed by atoms with Crippen molar-refractivity contribution in [2.75, 3.05) is 18.8 Å². The molecule has 1 aromatic heterocycles. The predicted molar refractivity (Wildman–Crippen MR) is 115 cm³/mol. The van der Waals surface area contributed by atoms with Gasteiger partial charge in [-0.3, -0.25) is 9.36 Å². The zero-order chi connectivity index (χ0) is 20.5. The Morgan fingerprint density at radius 3 is 2.55 bits per heavy atom. The average molecular weight is 410 g/mol. The summed E-state index contributed by atoms with van der Waals surface area (Å²) in [4.78, 5) is 31.6. The number of para-hydroxylation sites is 1. The number of carbonyl (C=O) groups excluding carboxylic acids is 1. The average Bonchev–Trinajstić information content (AvgIpc) is 3.05. The van der Waals surface area contributed by atoms with Gasteiger partial charge in [-0.25, -0.2) is 9.78 Å². The van der Waals surface area contributed by atoms with E-state index in [1.165, 1.54) is 11.8 Å². The number of aromatic nitrogens is 2. The number of hydrogen-bond donors (Lipinski definition) is 0.